The number of hydrogen-bond acceptors (Lipinski definition) is 3. The van der Waals surface area contributed by atoms with E-state index in [1.807, 2.05) is 12.1 Å². The summed E-state index contributed by atoms with van der Waals surface area (Å²) in [5, 5.41) is 13.7. The molecular weight excluding hydrogens is 278 g/mol. The van der Waals surface area contributed by atoms with Crippen LogP contribution in [0.3, 0.4) is 0 Å². The Kier molecular flexibility index (Phi) is 3.69. The van der Waals surface area contributed by atoms with Gasteiger partial charge in [-0.15, -0.1) is 23.4 Å². The summed E-state index contributed by atoms with van der Waals surface area (Å²) in [5.41, 5.74) is 3.58. The van der Waals surface area contributed by atoms with Crippen LogP contribution in [0.2, 0.25) is 0 Å². The standard InChI is InChI=1S/C14H14ClN3S/c15-6-5-11-10-3-1-2-4-12(10)18-13(11)14-17-9(7-16)8-19-14/h1-4,9,14,17-18H,5-6,8H2/t9?,14-/m1/s1. The lowest BCUT2D eigenvalue weighted by molar-refractivity contribution is 0.659. The number of alkyl halides is 1. The van der Waals surface area contributed by atoms with Gasteiger partial charge in [0, 0.05) is 28.2 Å². The molecule has 0 bridgehead atoms. The molecule has 1 aromatic carbocycles. The molecule has 2 atom stereocenters. The Labute approximate surface area is 121 Å². The molecule has 1 fully saturated rings. The van der Waals surface area contributed by atoms with Gasteiger partial charge in [-0.25, -0.2) is 0 Å². The van der Waals surface area contributed by atoms with Gasteiger partial charge in [0.15, 0.2) is 0 Å². The molecule has 1 unspecified atom stereocenters. The van der Waals surface area contributed by atoms with Crippen molar-refractivity contribution in [3.05, 3.63) is 35.5 Å². The second-order valence-electron chi connectivity index (χ2n) is 4.56. The van der Waals surface area contributed by atoms with E-state index in [2.05, 4.69) is 28.5 Å². The first-order chi connectivity index (χ1) is 9.33. The van der Waals surface area contributed by atoms with E-state index in [4.69, 9.17) is 16.9 Å². The third-order valence-electron chi connectivity index (χ3n) is 3.39. The molecule has 0 saturated carbocycles. The minimum absolute atomic E-state index is 0.0646. The molecule has 1 aliphatic heterocycles. The summed E-state index contributed by atoms with van der Waals surface area (Å²) in [5.74, 6) is 1.44. The lowest BCUT2D eigenvalue weighted by Crippen LogP contribution is -2.24. The number of H-pyrrole nitrogens is 1. The fourth-order valence-corrected chi connectivity index (χ4v) is 3.89. The van der Waals surface area contributed by atoms with Gasteiger partial charge in [-0.1, -0.05) is 18.2 Å². The molecule has 1 aliphatic rings. The Morgan fingerprint density at radius 2 is 2.26 bits per heavy atom. The molecule has 2 heterocycles. The summed E-state index contributed by atoms with van der Waals surface area (Å²) >= 11 is 7.71. The maximum absolute atomic E-state index is 8.99. The minimum atomic E-state index is -0.0646. The number of aromatic nitrogens is 1. The summed E-state index contributed by atoms with van der Waals surface area (Å²) in [7, 11) is 0. The highest BCUT2D eigenvalue weighted by Crippen LogP contribution is 2.37. The predicted octanol–water partition coefficient (Wildman–Crippen LogP) is 3.18. The second-order valence-corrected chi connectivity index (χ2v) is 6.08. The molecule has 3 nitrogen and oxygen atoms in total. The number of nitriles is 1. The molecular formula is C14H14ClN3S. The highest BCUT2D eigenvalue weighted by Gasteiger charge is 2.28. The van der Waals surface area contributed by atoms with Gasteiger partial charge in [0.2, 0.25) is 0 Å². The van der Waals surface area contributed by atoms with Crippen LogP contribution in [0.1, 0.15) is 16.6 Å². The van der Waals surface area contributed by atoms with Crippen LogP contribution in [0, 0.1) is 11.3 Å². The number of aromatic amines is 1. The van der Waals surface area contributed by atoms with E-state index in [9.17, 15) is 0 Å². The topological polar surface area (TPSA) is 51.6 Å². The van der Waals surface area contributed by atoms with Gasteiger partial charge in [-0.2, -0.15) is 5.26 Å². The lowest BCUT2D eigenvalue weighted by atomic mass is 10.1. The van der Waals surface area contributed by atoms with Crippen molar-refractivity contribution in [2.24, 2.45) is 0 Å². The van der Waals surface area contributed by atoms with Crippen LogP contribution in [-0.4, -0.2) is 22.7 Å². The van der Waals surface area contributed by atoms with E-state index in [0.717, 1.165) is 17.7 Å². The van der Waals surface area contributed by atoms with Gasteiger partial charge in [-0.05, 0) is 18.1 Å². The smallest absolute Gasteiger partial charge is 0.106 e. The zero-order chi connectivity index (χ0) is 13.2. The number of para-hydroxylation sites is 1. The number of nitrogens with zero attached hydrogens (tertiary/aromatic N) is 1. The maximum atomic E-state index is 8.99. The highest BCUT2D eigenvalue weighted by atomic mass is 35.5. The van der Waals surface area contributed by atoms with E-state index in [-0.39, 0.29) is 11.4 Å². The van der Waals surface area contributed by atoms with Crippen molar-refractivity contribution < 1.29 is 0 Å². The molecule has 0 radical (unpaired) electrons. The molecule has 3 rings (SSSR count). The Morgan fingerprint density at radius 1 is 1.42 bits per heavy atom. The number of aryl methyl sites for hydroxylation is 1. The molecule has 5 heteroatoms. The van der Waals surface area contributed by atoms with Gasteiger partial charge in [0.1, 0.15) is 6.04 Å². The van der Waals surface area contributed by atoms with E-state index < -0.39 is 0 Å². The highest BCUT2D eigenvalue weighted by molar-refractivity contribution is 7.99. The zero-order valence-electron chi connectivity index (χ0n) is 10.3. The predicted molar refractivity (Wildman–Crippen MR) is 80.5 cm³/mol. The largest absolute Gasteiger partial charge is 0.356 e. The monoisotopic (exact) mass is 291 g/mol. The first-order valence-electron chi connectivity index (χ1n) is 6.26. The van der Waals surface area contributed by atoms with Gasteiger partial charge in [0.05, 0.1) is 11.4 Å². The van der Waals surface area contributed by atoms with Crippen molar-refractivity contribution in [2.75, 3.05) is 11.6 Å². The average molecular weight is 292 g/mol. The van der Waals surface area contributed by atoms with Gasteiger partial charge >= 0.3 is 0 Å². The van der Waals surface area contributed by atoms with Gasteiger partial charge in [-0.3, -0.25) is 5.32 Å². The van der Waals surface area contributed by atoms with E-state index in [1.54, 1.807) is 11.8 Å². The minimum Gasteiger partial charge on any atom is -0.356 e. The summed E-state index contributed by atoms with van der Waals surface area (Å²) in [4.78, 5) is 3.48. The second kappa shape index (κ2) is 5.46. The molecule has 1 aromatic heterocycles. The summed E-state index contributed by atoms with van der Waals surface area (Å²) < 4.78 is 0. The number of rotatable bonds is 3. The third-order valence-corrected chi connectivity index (χ3v) is 4.81. The van der Waals surface area contributed by atoms with Crippen molar-refractivity contribution in [1.29, 1.82) is 5.26 Å². The van der Waals surface area contributed by atoms with Crippen molar-refractivity contribution in [3.63, 3.8) is 0 Å². The number of nitrogens with one attached hydrogen (secondary N) is 2. The molecule has 2 aromatic rings. The van der Waals surface area contributed by atoms with E-state index in [0.29, 0.717) is 5.88 Å². The van der Waals surface area contributed by atoms with E-state index >= 15 is 0 Å². The fourth-order valence-electron chi connectivity index (χ4n) is 2.52. The SMILES string of the molecule is N#CC1CS[C@H](c2[nH]c3ccccc3c2CCCl)N1. The zero-order valence-corrected chi connectivity index (χ0v) is 11.9. The van der Waals surface area contributed by atoms with Gasteiger partial charge < -0.3 is 4.98 Å². The molecule has 0 spiro atoms. The van der Waals surface area contributed by atoms with Gasteiger partial charge in [0.25, 0.3) is 0 Å². The molecule has 2 N–H and O–H groups in total. The van der Waals surface area contributed by atoms with Crippen LogP contribution in [-0.2, 0) is 6.42 Å². The molecule has 1 saturated heterocycles. The van der Waals surface area contributed by atoms with Crippen molar-refractivity contribution >= 4 is 34.3 Å². The summed E-state index contributed by atoms with van der Waals surface area (Å²) in [6, 6.07) is 10.5. The molecule has 0 aliphatic carbocycles. The summed E-state index contributed by atoms with van der Waals surface area (Å²) in [6.07, 6.45) is 0.844. The van der Waals surface area contributed by atoms with E-state index in [1.165, 1.54) is 16.6 Å². The Morgan fingerprint density at radius 3 is 3.00 bits per heavy atom. The number of benzene rings is 1. The first-order valence-corrected chi connectivity index (χ1v) is 7.84. The summed E-state index contributed by atoms with van der Waals surface area (Å²) in [6.45, 7) is 0. The van der Waals surface area contributed by atoms with Crippen LogP contribution in [0.5, 0.6) is 0 Å². The Balaban J connectivity index is 2.03. The van der Waals surface area contributed by atoms with Crippen molar-refractivity contribution in [2.45, 2.75) is 17.8 Å². The van der Waals surface area contributed by atoms with Crippen LogP contribution in [0.4, 0.5) is 0 Å². The number of thioether (sulfide) groups is 1. The Hall–Kier alpha value is -1.15. The van der Waals surface area contributed by atoms with Crippen LogP contribution in [0.15, 0.2) is 24.3 Å². The van der Waals surface area contributed by atoms with Crippen molar-refractivity contribution in [1.82, 2.24) is 10.3 Å². The van der Waals surface area contributed by atoms with Crippen LogP contribution < -0.4 is 5.32 Å². The molecule has 19 heavy (non-hydrogen) atoms. The maximum Gasteiger partial charge on any atom is 0.106 e. The first kappa shape index (κ1) is 12.9. The number of halogens is 1. The third kappa shape index (κ3) is 2.34. The average Bonchev–Trinajstić information content (AvgIpc) is 3.04. The fraction of sp³-hybridized carbons (Fsp3) is 0.357. The normalized spacial score (nSPS) is 22.7. The quantitative estimate of drug-likeness (QED) is 0.854. The lowest BCUT2D eigenvalue weighted by Gasteiger charge is -2.11. The van der Waals surface area contributed by atoms with Crippen molar-refractivity contribution in [3.8, 4) is 6.07 Å². The van der Waals surface area contributed by atoms with Crippen LogP contribution >= 0.6 is 23.4 Å². The molecule has 0 amide bonds. The number of hydrogen-bond donors (Lipinski definition) is 2. The molecule has 98 valence electrons. The Bertz CT molecular complexity index is 631. The number of fused-ring (bicyclic) bond motifs is 1. The van der Waals surface area contributed by atoms with Crippen LogP contribution in [0.25, 0.3) is 10.9 Å².